The third-order valence-corrected chi connectivity index (χ3v) is 5.76. The fraction of sp³-hybridized carbons (Fsp3) is 0.478. The highest BCUT2D eigenvalue weighted by atomic mass is 32.1. The number of piperidine rings is 1. The average Bonchev–Trinajstić information content (AvgIpc) is 3.30. The quantitative estimate of drug-likeness (QED) is 0.481. The molecule has 3 heterocycles. The number of ether oxygens (including phenoxy) is 1. The minimum Gasteiger partial charge on any atom is -0.473 e. The number of hydrogen-bond donors (Lipinski definition) is 2. The number of thiazole rings is 1. The lowest BCUT2D eigenvalue weighted by atomic mass is 10.1. The molecule has 172 valence electrons. The molecule has 1 aliphatic heterocycles. The molecule has 0 aliphatic carbocycles. The Kier molecular flexibility index (Phi) is 9.03. The van der Waals surface area contributed by atoms with Gasteiger partial charge in [0.25, 0.3) is 0 Å². The second kappa shape index (κ2) is 12.2. The lowest BCUT2D eigenvalue weighted by molar-refractivity contribution is 0.168. The van der Waals surface area contributed by atoms with Crippen molar-refractivity contribution in [2.75, 3.05) is 43.9 Å². The SMILES string of the molecule is CC/C=C\C(=NC)OC1CCCN(c2cccc(-c3csc(NC(=NC)NCC)n3)n2)C1. The molecule has 0 aromatic carbocycles. The Morgan fingerprint density at radius 1 is 1.25 bits per heavy atom. The molecule has 0 bridgehead atoms. The van der Waals surface area contributed by atoms with Crippen molar-refractivity contribution in [2.45, 2.75) is 39.2 Å². The summed E-state index contributed by atoms with van der Waals surface area (Å²) in [5.74, 6) is 2.34. The second-order valence-corrected chi connectivity index (χ2v) is 8.21. The molecule has 0 spiro atoms. The maximum absolute atomic E-state index is 6.14. The first-order chi connectivity index (χ1) is 15.7. The molecule has 1 fully saturated rings. The van der Waals surface area contributed by atoms with Crippen LogP contribution in [0.15, 0.2) is 45.7 Å². The third kappa shape index (κ3) is 6.53. The van der Waals surface area contributed by atoms with Gasteiger partial charge in [0.1, 0.15) is 17.6 Å². The van der Waals surface area contributed by atoms with Crippen molar-refractivity contribution < 1.29 is 4.74 Å². The van der Waals surface area contributed by atoms with E-state index in [0.717, 1.165) is 61.2 Å². The molecular weight excluding hydrogens is 422 g/mol. The van der Waals surface area contributed by atoms with E-state index >= 15 is 0 Å². The van der Waals surface area contributed by atoms with Crippen molar-refractivity contribution in [1.82, 2.24) is 15.3 Å². The minimum absolute atomic E-state index is 0.0994. The zero-order chi connectivity index (χ0) is 22.8. The molecule has 0 radical (unpaired) electrons. The summed E-state index contributed by atoms with van der Waals surface area (Å²) >= 11 is 1.54. The van der Waals surface area contributed by atoms with Crippen LogP contribution in [-0.4, -0.2) is 61.7 Å². The number of aliphatic imine (C=N–C) groups is 2. The van der Waals surface area contributed by atoms with Crippen LogP contribution < -0.4 is 15.5 Å². The average molecular weight is 456 g/mol. The largest absolute Gasteiger partial charge is 0.473 e. The second-order valence-electron chi connectivity index (χ2n) is 7.35. The molecule has 1 unspecified atom stereocenters. The van der Waals surface area contributed by atoms with Gasteiger partial charge in [-0.25, -0.2) is 9.97 Å². The maximum Gasteiger partial charge on any atom is 0.208 e. The van der Waals surface area contributed by atoms with Gasteiger partial charge in [0, 0.05) is 32.6 Å². The lowest BCUT2D eigenvalue weighted by Gasteiger charge is -2.33. The molecular formula is C23H33N7OS. The summed E-state index contributed by atoms with van der Waals surface area (Å²) in [6.07, 6.45) is 7.16. The summed E-state index contributed by atoms with van der Waals surface area (Å²) < 4.78 is 6.14. The summed E-state index contributed by atoms with van der Waals surface area (Å²) in [4.78, 5) is 20.3. The number of allylic oxidation sites excluding steroid dienone is 1. The first-order valence-electron chi connectivity index (χ1n) is 11.1. The molecule has 0 amide bonds. The van der Waals surface area contributed by atoms with E-state index in [0.29, 0.717) is 11.9 Å². The minimum atomic E-state index is 0.0994. The summed E-state index contributed by atoms with van der Waals surface area (Å²) in [7, 11) is 3.51. The number of nitrogens with zero attached hydrogens (tertiary/aromatic N) is 5. The highest BCUT2D eigenvalue weighted by molar-refractivity contribution is 7.14. The van der Waals surface area contributed by atoms with E-state index < -0.39 is 0 Å². The molecule has 2 aromatic rings. The van der Waals surface area contributed by atoms with Crippen molar-refractivity contribution >= 4 is 34.1 Å². The highest BCUT2D eigenvalue weighted by Gasteiger charge is 2.23. The monoisotopic (exact) mass is 455 g/mol. The number of anilines is 2. The van der Waals surface area contributed by atoms with Crippen LogP contribution in [0.1, 0.15) is 33.1 Å². The van der Waals surface area contributed by atoms with Gasteiger partial charge in [-0.3, -0.25) is 9.98 Å². The number of hydrogen-bond acceptors (Lipinski definition) is 7. The third-order valence-electron chi connectivity index (χ3n) is 5.00. The Morgan fingerprint density at radius 3 is 2.88 bits per heavy atom. The number of guanidine groups is 1. The van der Waals surface area contributed by atoms with Gasteiger partial charge in [0.15, 0.2) is 11.1 Å². The van der Waals surface area contributed by atoms with Gasteiger partial charge in [-0.15, -0.1) is 11.3 Å². The molecule has 32 heavy (non-hydrogen) atoms. The van der Waals surface area contributed by atoms with Crippen molar-refractivity contribution in [1.29, 1.82) is 0 Å². The molecule has 9 heteroatoms. The molecule has 8 nitrogen and oxygen atoms in total. The van der Waals surface area contributed by atoms with E-state index in [9.17, 15) is 0 Å². The standard InChI is InChI=1S/C23H33N7OS/c1-5-7-13-21(24-3)31-17-10-9-14-30(15-17)20-12-8-11-18(27-20)19-16-32-23(28-19)29-22(25-4)26-6-2/h7-8,11-13,16-17H,5-6,9-10,14-15H2,1-4H3,(H2,25,26,28,29)/b13-7-,24-21?. The van der Waals surface area contributed by atoms with Crippen LogP contribution in [-0.2, 0) is 4.74 Å². The van der Waals surface area contributed by atoms with Crippen molar-refractivity contribution in [2.24, 2.45) is 9.98 Å². The van der Waals surface area contributed by atoms with E-state index in [1.807, 2.05) is 30.5 Å². The molecule has 2 aromatic heterocycles. The Morgan fingerprint density at radius 2 is 2.12 bits per heavy atom. The van der Waals surface area contributed by atoms with Crippen LogP contribution in [0.3, 0.4) is 0 Å². The van der Waals surface area contributed by atoms with E-state index in [1.54, 1.807) is 14.1 Å². The Bertz CT molecular complexity index is 953. The highest BCUT2D eigenvalue weighted by Crippen LogP contribution is 2.26. The summed E-state index contributed by atoms with van der Waals surface area (Å²) in [5, 5.41) is 9.19. The van der Waals surface area contributed by atoms with Crippen LogP contribution in [0.2, 0.25) is 0 Å². The summed E-state index contributed by atoms with van der Waals surface area (Å²) in [5.41, 5.74) is 1.70. The van der Waals surface area contributed by atoms with E-state index in [4.69, 9.17) is 9.72 Å². The van der Waals surface area contributed by atoms with Gasteiger partial charge in [-0.2, -0.15) is 0 Å². The van der Waals surface area contributed by atoms with Gasteiger partial charge in [-0.05, 0) is 44.4 Å². The predicted octanol–water partition coefficient (Wildman–Crippen LogP) is 4.19. The lowest BCUT2D eigenvalue weighted by Crippen LogP contribution is -2.41. The summed E-state index contributed by atoms with van der Waals surface area (Å²) in [6.45, 7) is 6.68. The fourth-order valence-electron chi connectivity index (χ4n) is 3.44. The molecule has 1 atom stereocenters. The fourth-order valence-corrected chi connectivity index (χ4v) is 4.14. The van der Waals surface area contributed by atoms with Crippen LogP contribution in [0, 0.1) is 0 Å². The topological polar surface area (TPSA) is 87.0 Å². The first kappa shape index (κ1) is 23.7. The van der Waals surface area contributed by atoms with Gasteiger partial charge >= 0.3 is 0 Å². The normalized spacial score (nSPS) is 17.6. The Labute approximate surface area is 194 Å². The van der Waals surface area contributed by atoms with E-state index in [-0.39, 0.29) is 6.10 Å². The Balaban J connectivity index is 1.69. The maximum atomic E-state index is 6.14. The smallest absolute Gasteiger partial charge is 0.208 e. The zero-order valence-electron chi connectivity index (χ0n) is 19.3. The van der Waals surface area contributed by atoms with Gasteiger partial charge in [-0.1, -0.05) is 19.1 Å². The molecule has 2 N–H and O–H groups in total. The van der Waals surface area contributed by atoms with Gasteiger partial charge in [0.2, 0.25) is 5.90 Å². The van der Waals surface area contributed by atoms with E-state index in [1.165, 1.54) is 11.3 Å². The van der Waals surface area contributed by atoms with E-state index in [2.05, 4.69) is 49.6 Å². The van der Waals surface area contributed by atoms with Crippen LogP contribution in [0.5, 0.6) is 0 Å². The number of rotatable bonds is 7. The summed E-state index contributed by atoms with van der Waals surface area (Å²) in [6, 6.07) is 6.09. The van der Waals surface area contributed by atoms with Crippen molar-refractivity contribution in [3.05, 3.63) is 35.7 Å². The van der Waals surface area contributed by atoms with Gasteiger partial charge in [0.05, 0.1) is 12.2 Å². The number of aromatic nitrogens is 2. The number of nitrogens with one attached hydrogen (secondary N) is 2. The molecule has 1 saturated heterocycles. The van der Waals surface area contributed by atoms with Crippen LogP contribution >= 0.6 is 11.3 Å². The van der Waals surface area contributed by atoms with Gasteiger partial charge < -0.3 is 20.3 Å². The van der Waals surface area contributed by atoms with Crippen LogP contribution in [0.4, 0.5) is 10.9 Å². The van der Waals surface area contributed by atoms with Crippen LogP contribution in [0.25, 0.3) is 11.4 Å². The van der Waals surface area contributed by atoms with Crippen molar-refractivity contribution in [3.8, 4) is 11.4 Å². The molecule has 0 saturated carbocycles. The molecule has 1 aliphatic rings. The molecule has 3 rings (SSSR count). The number of pyridine rings is 1. The zero-order valence-corrected chi connectivity index (χ0v) is 20.2. The van der Waals surface area contributed by atoms with Crippen molar-refractivity contribution in [3.63, 3.8) is 0 Å². The first-order valence-corrected chi connectivity index (χ1v) is 12.0. The predicted molar refractivity (Wildman–Crippen MR) is 135 cm³/mol. The Hall–Kier alpha value is -2.94.